The first-order chi connectivity index (χ1) is 11.5. The van der Waals surface area contributed by atoms with Crippen molar-refractivity contribution >= 4 is 17.8 Å². The molecule has 0 spiro atoms. The number of nitrogens with two attached hydrogens (primary N) is 1. The minimum Gasteiger partial charge on any atom is -0.480 e. The van der Waals surface area contributed by atoms with Gasteiger partial charge in [-0.1, -0.05) is 20.8 Å². The second kappa shape index (κ2) is 6.35. The third-order valence-electron chi connectivity index (χ3n) is 5.80. The van der Waals surface area contributed by atoms with Gasteiger partial charge in [0.15, 0.2) is 0 Å². The SMILES string of the molecule is [2H]N[C@@H](CC(=O)OC1C2(C)CCC(C2)C1(C)C)C(=O)N[C@@H](C)C(=O)O. The zero-order chi connectivity index (χ0) is 19.0. The molecule has 136 valence electrons. The van der Waals surface area contributed by atoms with E-state index in [1.165, 1.54) is 6.92 Å². The van der Waals surface area contributed by atoms with Gasteiger partial charge >= 0.3 is 11.9 Å². The van der Waals surface area contributed by atoms with E-state index in [1.54, 1.807) is 0 Å². The summed E-state index contributed by atoms with van der Waals surface area (Å²) in [7, 11) is 0. The molecule has 2 rings (SSSR count). The number of hydrogen-bond donors (Lipinski definition) is 3. The summed E-state index contributed by atoms with van der Waals surface area (Å²) in [6, 6.07) is -2.24. The highest BCUT2D eigenvalue weighted by atomic mass is 16.5. The van der Waals surface area contributed by atoms with Gasteiger partial charge in [-0.15, -0.1) is 0 Å². The van der Waals surface area contributed by atoms with E-state index in [-0.39, 0.29) is 23.4 Å². The largest absolute Gasteiger partial charge is 0.480 e. The molecule has 0 aliphatic heterocycles. The van der Waals surface area contributed by atoms with Gasteiger partial charge in [-0.2, -0.15) is 0 Å². The molecule has 3 unspecified atom stereocenters. The third-order valence-corrected chi connectivity index (χ3v) is 5.80. The summed E-state index contributed by atoms with van der Waals surface area (Å²) in [6.45, 7) is 7.68. The zero-order valence-corrected chi connectivity index (χ0v) is 14.7. The van der Waals surface area contributed by atoms with E-state index in [1.807, 2.05) is 5.73 Å². The van der Waals surface area contributed by atoms with Crippen molar-refractivity contribution in [3.63, 3.8) is 0 Å². The van der Waals surface area contributed by atoms with Gasteiger partial charge in [0, 0.05) is 10.8 Å². The molecule has 2 saturated carbocycles. The average Bonchev–Trinajstić information content (AvgIpc) is 3.00. The van der Waals surface area contributed by atoms with E-state index < -0.39 is 29.9 Å². The minimum atomic E-state index is -1.18. The van der Waals surface area contributed by atoms with Crippen LogP contribution in [0, 0.1) is 16.7 Å². The van der Waals surface area contributed by atoms with Gasteiger partial charge in [0.2, 0.25) is 5.91 Å². The molecule has 2 aliphatic rings. The van der Waals surface area contributed by atoms with Crippen molar-refractivity contribution in [2.45, 2.75) is 71.6 Å². The Hall–Kier alpha value is -1.63. The third kappa shape index (κ3) is 3.41. The Morgan fingerprint density at radius 1 is 1.42 bits per heavy atom. The molecule has 24 heavy (non-hydrogen) atoms. The Balaban J connectivity index is 1.96. The summed E-state index contributed by atoms with van der Waals surface area (Å²) in [5.41, 5.74) is 1.87. The lowest BCUT2D eigenvalue weighted by molar-refractivity contribution is -0.165. The van der Waals surface area contributed by atoms with E-state index in [0.29, 0.717) is 5.92 Å². The summed E-state index contributed by atoms with van der Waals surface area (Å²) in [5.74, 6) is -1.91. The number of carboxylic acid groups (broad SMARTS) is 1. The van der Waals surface area contributed by atoms with E-state index in [9.17, 15) is 14.4 Å². The van der Waals surface area contributed by atoms with Gasteiger partial charge in [0.05, 0.1) is 12.5 Å². The second-order valence-corrected chi connectivity index (χ2v) is 8.11. The first kappa shape index (κ1) is 17.2. The van der Waals surface area contributed by atoms with E-state index in [4.69, 9.17) is 11.3 Å². The molecule has 2 bridgehead atoms. The standard InChI is InChI=1S/C17H28N2O5/c1-9(14(22)23)19-13(21)11(18)7-12(20)24-15-16(2,3)10-5-6-17(15,4)8-10/h9-11,15H,5-8,18H2,1-4H3,(H,19,21)(H,22,23)/t9-,10?,11-,15?,17?/m0/s1/i/hD. The topological polar surface area (TPSA) is 119 Å². The average molecular weight is 341 g/mol. The summed E-state index contributed by atoms with van der Waals surface area (Å²) >= 11 is 0. The molecular weight excluding hydrogens is 312 g/mol. The highest BCUT2D eigenvalue weighted by Gasteiger charge is 2.61. The molecule has 0 saturated heterocycles. The minimum absolute atomic E-state index is 0.0339. The van der Waals surface area contributed by atoms with Crippen LogP contribution in [0.3, 0.4) is 0 Å². The van der Waals surface area contributed by atoms with Crippen molar-refractivity contribution < 1.29 is 25.6 Å². The number of hydrogen-bond acceptors (Lipinski definition) is 5. The first-order valence-electron chi connectivity index (χ1n) is 8.91. The maximum atomic E-state index is 12.4. The normalized spacial score (nSPS) is 33.4. The van der Waals surface area contributed by atoms with Gasteiger partial charge in [-0.05, 0) is 32.1 Å². The zero-order valence-electron chi connectivity index (χ0n) is 15.7. The summed E-state index contributed by atoms with van der Waals surface area (Å²) < 4.78 is 13.0. The van der Waals surface area contributed by atoms with Crippen LogP contribution in [-0.2, 0) is 19.1 Å². The Morgan fingerprint density at radius 2 is 2.08 bits per heavy atom. The van der Waals surface area contributed by atoms with Crippen molar-refractivity contribution in [1.82, 2.24) is 5.32 Å². The second-order valence-electron chi connectivity index (χ2n) is 8.11. The maximum Gasteiger partial charge on any atom is 0.325 e. The van der Waals surface area contributed by atoms with Crippen molar-refractivity contribution in [2.24, 2.45) is 22.5 Å². The number of amides is 1. The molecule has 2 aliphatic carbocycles. The van der Waals surface area contributed by atoms with Crippen LogP contribution >= 0.6 is 0 Å². The van der Waals surface area contributed by atoms with Gasteiger partial charge in [0.25, 0.3) is 0 Å². The molecule has 1 amide bonds. The number of carbonyl (C=O) groups excluding carboxylic acids is 2. The Bertz CT molecular complexity index is 562. The number of fused-ring (bicyclic) bond motifs is 2. The van der Waals surface area contributed by atoms with Gasteiger partial charge in [-0.25, -0.2) is 0 Å². The van der Waals surface area contributed by atoms with E-state index in [2.05, 4.69) is 26.1 Å². The fourth-order valence-corrected chi connectivity index (χ4v) is 4.37. The van der Waals surface area contributed by atoms with E-state index >= 15 is 0 Å². The quantitative estimate of drug-likeness (QED) is 0.596. The number of aliphatic carboxylic acids is 1. The van der Waals surface area contributed by atoms with Crippen LogP contribution < -0.4 is 11.0 Å². The molecule has 4 N–H and O–H groups in total. The van der Waals surface area contributed by atoms with Crippen LogP contribution in [0.2, 0.25) is 1.41 Å². The van der Waals surface area contributed by atoms with Crippen molar-refractivity contribution in [1.29, 1.82) is 0 Å². The predicted octanol–water partition coefficient (Wildman–Crippen LogP) is 1.05. The van der Waals surface area contributed by atoms with Crippen LogP contribution in [0.4, 0.5) is 0 Å². The van der Waals surface area contributed by atoms with Crippen LogP contribution in [0.1, 0.15) is 53.4 Å². The van der Waals surface area contributed by atoms with Gasteiger partial charge in [-0.3, -0.25) is 14.4 Å². The van der Waals surface area contributed by atoms with Crippen molar-refractivity contribution in [3.05, 3.63) is 0 Å². The number of rotatable bonds is 7. The Labute approximate surface area is 143 Å². The summed E-state index contributed by atoms with van der Waals surface area (Å²) in [4.78, 5) is 35.2. The fourth-order valence-electron chi connectivity index (χ4n) is 4.37. The molecule has 0 aromatic rings. The first-order valence-corrected chi connectivity index (χ1v) is 8.41. The summed E-state index contributed by atoms with van der Waals surface area (Å²) in [5, 5.41) is 11.1. The van der Waals surface area contributed by atoms with Crippen LogP contribution in [0.15, 0.2) is 0 Å². The van der Waals surface area contributed by atoms with Crippen molar-refractivity contribution in [3.8, 4) is 0 Å². The highest BCUT2D eigenvalue weighted by Crippen LogP contribution is 2.63. The Kier molecular flexibility index (Phi) is 4.55. The number of carbonyl (C=O) groups is 3. The molecule has 7 nitrogen and oxygen atoms in total. The fraction of sp³-hybridized carbons (Fsp3) is 0.824. The molecule has 5 atom stereocenters. The molecule has 7 heteroatoms. The molecule has 0 radical (unpaired) electrons. The molecule has 0 aromatic carbocycles. The maximum absolute atomic E-state index is 12.4. The van der Waals surface area contributed by atoms with Crippen molar-refractivity contribution in [2.75, 3.05) is 0 Å². The Morgan fingerprint density at radius 3 is 2.58 bits per heavy atom. The number of carboxylic acids is 1. The molecule has 2 fully saturated rings. The molecule has 0 heterocycles. The number of esters is 1. The monoisotopic (exact) mass is 341 g/mol. The van der Waals surface area contributed by atoms with Crippen LogP contribution in [-0.4, -0.2) is 41.1 Å². The molecular formula is C17H28N2O5. The predicted molar refractivity (Wildman–Crippen MR) is 86.9 cm³/mol. The van der Waals surface area contributed by atoms with Crippen LogP contribution in [0.25, 0.3) is 0 Å². The lowest BCUT2D eigenvalue weighted by atomic mass is 9.70. The van der Waals surface area contributed by atoms with Gasteiger partial charge < -0.3 is 20.9 Å². The van der Waals surface area contributed by atoms with E-state index in [0.717, 1.165) is 19.3 Å². The lowest BCUT2D eigenvalue weighted by Crippen LogP contribution is -2.49. The summed E-state index contributed by atoms with van der Waals surface area (Å²) in [6.07, 6.45) is 2.68. The number of nitrogens with one attached hydrogen (secondary N) is 1. The van der Waals surface area contributed by atoms with Gasteiger partial charge in [0.1, 0.15) is 13.6 Å². The lowest BCUT2D eigenvalue weighted by Gasteiger charge is -2.41. The highest BCUT2D eigenvalue weighted by molar-refractivity contribution is 5.89. The number of ether oxygens (including phenoxy) is 1. The van der Waals surface area contributed by atoms with Crippen LogP contribution in [0.5, 0.6) is 0 Å². The smallest absolute Gasteiger partial charge is 0.325 e. The molecule has 0 aromatic heterocycles.